The third-order valence-electron chi connectivity index (χ3n) is 3.50. The molecule has 20 heavy (non-hydrogen) atoms. The number of benzene rings is 1. The number of aliphatic hydroxyl groups excluding tert-OH is 1. The van der Waals surface area contributed by atoms with Crippen molar-refractivity contribution in [2.75, 3.05) is 13.2 Å². The molecular weight excluding hydrogens is 248 g/mol. The number of ether oxygens (including phenoxy) is 1. The van der Waals surface area contributed by atoms with Crippen LogP contribution in [0.2, 0.25) is 0 Å². The highest BCUT2D eigenvalue weighted by molar-refractivity contribution is 5.43. The minimum absolute atomic E-state index is 0.104. The maximum atomic E-state index is 8.70. The number of aliphatic hydroxyl groups is 1. The molecular formula is C18H26O2. The van der Waals surface area contributed by atoms with E-state index in [1.165, 1.54) is 25.7 Å². The Hall–Kier alpha value is -1.46. The molecule has 0 heterocycles. The van der Waals surface area contributed by atoms with Crippen molar-refractivity contribution in [2.45, 2.75) is 46.5 Å². The van der Waals surface area contributed by atoms with Crippen molar-refractivity contribution in [1.29, 1.82) is 0 Å². The van der Waals surface area contributed by atoms with Crippen LogP contribution in [0, 0.1) is 24.7 Å². The minimum atomic E-state index is -0.104. The van der Waals surface area contributed by atoms with Crippen LogP contribution in [0.25, 0.3) is 0 Å². The summed E-state index contributed by atoms with van der Waals surface area (Å²) in [6, 6.07) is 5.92. The van der Waals surface area contributed by atoms with Gasteiger partial charge in [0.05, 0.1) is 6.61 Å². The largest absolute Gasteiger partial charge is 0.493 e. The fraction of sp³-hybridized carbons (Fsp3) is 0.556. The predicted octanol–water partition coefficient (Wildman–Crippen LogP) is 3.93. The van der Waals surface area contributed by atoms with E-state index in [4.69, 9.17) is 9.84 Å². The smallest absolute Gasteiger partial charge is 0.122 e. The molecule has 1 aromatic rings. The van der Waals surface area contributed by atoms with Gasteiger partial charge in [-0.3, -0.25) is 0 Å². The van der Waals surface area contributed by atoms with Gasteiger partial charge in [0.15, 0.2) is 0 Å². The van der Waals surface area contributed by atoms with Gasteiger partial charge < -0.3 is 9.84 Å². The predicted molar refractivity (Wildman–Crippen MR) is 83.9 cm³/mol. The van der Waals surface area contributed by atoms with E-state index < -0.39 is 0 Å². The number of unbranched alkanes of at least 4 members (excludes halogenated alkanes) is 1. The SMILES string of the molecule is CCCCC(CC)COc1ccc(C#CCO)cc1C. The molecule has 1 aromatic carbocycles. The van der Waals surface area contributed by atoms with Gasteiger partial charge in [0.1, 0.15) is 12.4 Å². The second-order valence-corrected chi connectivity index (χ2v) is 5.17. The summed E-state index contributed by atoms with van der Waals surface area (Å²) in [6.07, 6.45) is 4.93. The van der Waals surface area contributed by atoms with Crippen molar-refractivity contribution in [1.82, 2.24) is 0 Å². The van der Waals surface area contributed by atoms with Crippen molar-refractivity contribution in [2.24, 2.45) is 5.92 Å². The fourth-order valence-corrected chi connectivity index (χ4v) is 2.14. The standard InChI is InChI=1S/C18H26O2/c1-4-6-8-16(5-2)14-20-18-11-10-17(9-7-12-19)13-15(18)3/h10-11,13,16,19H,4-6,8,12,14H2,1-3H3. The van der Waals surface area contributed by atoms with Crippen LogP contribution in [0.3, 0.4) is 0 Å². The molecule has 2 heteroatoms. The van der Waals surface area contributed by atoms with Crippen molar-refractivity contribution in [3.05, 3.63) is 29.3 Å². The Kier molecular flexibility index (Phi) is 7.84. The lowest BCUT2D eigenvalue weighted by Crippen LogP contribution is -2.11. The highest BCUT2D eigenvalue weighted by Crippen LogP contribution is 2.21. The minimum Gasteiger partial charge on any atom is -0.493 e. The van der Waals surface area contributed by atoms with Crippen LogP contribution in [-0.4, -0.2) is 18.3 Å². The number of hydrogen-bond acceptors (Lipinski definition) is 2. The number of aryl methyl sites for hydroxylation is 1. The zero-order chi connectivity index (χ0) is 14.8. The second-order valence-electron chi connectivity index (χ2n) is 5.17. The van der Waals surface area contributed by atoms with Gasteiger partial charge in [-0.2, -0.15) is 0 Å². The average molecular weight is 274 g/mol. The lowest BCUT2D eigenvalue weighted by molar-refractivity contribution is 0.232. The van der Waals surface area contributed by atoms with E-state index in [-0.39, 0.29) is 6.61 Å². The van der Waals surface area contributed by atoms with E-state index in [9.17, 15) is 0 Å². The fourth-order valence-electron chi connectivity index (χ4n) is 2.14. The molecule has 1 N–H and O–H groups in total. The number of hydrogen-bond donors (Lipinski definition) is 1. The van der Waals surface area contributed by atoms with Gasteiger partial charge in [0, 0.05) is 5.56 Å². The summed E-state index contributed by atoms with van der Waals surface area (Å²) in [5.41, 5.74) is 2.02. The highest BCUT2D eigenvalue weighted by Gasteiger charge is 2.08. The van der Waals surface area contributed by atoms with Crippen molar-refractivity contribution < 1.29 is 9.84 Å². The van der Waals surface area contributed by atoms with Crippen LogP contribution in [0.4, 0.5) is 0 Å². The monoisotopic (exact) mass is 274 g/mol. The van der Waals surface area contributed by atoms with Crippen molar-refractivity contribution in [3.63, 3.8) is 0 Å². The first kappa shape index (κ1) is 16.6. The molecule has 0 spiro atoms. The first-order valence-corrected chi connectivity index (χ1v) is 7.54. The second kappa shape index (κ2) is 9.44. The Labute approximate surface area is 123 Å². The van der Waals surface area contributed by atoms with Crippen LogP contribution in [0.5, 0.6) is 5.75 Å². The van der Waals surface area contributed by atoms with E-state index in [1.54, 1.807) is 0 Å². The van der Waals surface area contributed by atoms with E-state index in [0.29, 0.717) is 5.92 Å². The Morgan fingerprint density at radius 2 is 2.10 bits per heavy atom. The quantitative estimate of drug-likeness (QED) is 0.763. The van der Waals surface area contributed by atoms with Crippen molar-refractivity contribution >= 4 is 0 Å². The van der Waals surface area contributed by atoms with Gasteiger partial charge in [-0.25, -0.2) is 0 Å². The summed E-state index contributed by atoms with van der Waals surface area (Å²) in [5.74, 6) is 7.15. The Bertz CT molecular complexity index is 454. The van der Waals surface area contributed by atoms with Crippen LogP contribution in [-0.2, 0) is 0 Å². The van der Waals surface area contributed by atoms with Crippen LogP contribution in [0.1, 0.15) is 50.7 Å². The Balaban J connectivity index is 2.59. The third-order valence-corrected chi connectivity index (χ3v) is 3.50. The molecule has 0 aromatic heterocycles. The van der Waals surface area contributed by atoms with E-state index in [2.05, 4.69) is 25.7 Å². The third kappa shape index (κ3) is 5.67. The molecule has 2 nitrogen and oxygen atoms in total. The lowest BCUT2D eigenvalue weighted by atomic mass is 10.0. The van der Waals surface area contributed by atoms with Crippen molar-refractivity contribution in [3.8, 4) is 17.6 Å². The molecule has 0 radical (unpaired) electrons. The zero-order valence-corrected chi connectivity index (χ0v) is 12.9. The molecule has 1 unspecified atom stereocenters. The molecule has 1 atom stereocenters. The van der Waals surface area contributed by atoms with E-state index in [0.717, 1.165) is 23.5 Å². The summed E-state index contributed by atoms with van der Waals surface area (Å²) >= 11 is 0. The first-order valence-electron chi connectivity index (χ1n) is 7.54. The van der Waals surface area contributed by atoms with E-state index >= 15 is 0 Å². The van der Waals surface area contributed by atoms with Gasteiger partial charge >= 0.3 is 0 Å². The van der Waals surface area contributed by atoms with Gasteiger partial charge in [-0.1, -0.05) is 45.0 Å². The summed E-state index contributed by atoms with van der Waals surface area (Å²) in [4.78, 5) is 0. The molecule has 0 bridgehead atoms. The molecule has 0 aliphatic carbocycles. The van der Waals surface area contributed by atoms with Gasteiger partial charge in [-0.05, 0) is 43.0 Å². The molecule has 0 saturated carbocycles. The Morgan fingerprint density at radius 1 is 1.30 bits per heavy atom. The van der Waals surface area contributed by atoms with Crippen LogP contribution in [0.15, 0.2) is 18.2 Å². The molecule has 0 aliphatic rings. The highest BCUT2D eigenvalue weighted by atomic mass is 16.5. The molecule has 0 amide bonds. The van der Waals surface area contributed by atoms with Crippen LogP contribution < -0.4 is 4.74 Å². The van der Waals surface area contributed by atoms with Gasteiger partial charge in [0.2, 0.25) is 0 Å². The van der Waals surface area contributed by atoms with Gasteiger partial charge in [0.25, 0.3) is 0 Å². The Morgan fingerprint density at radius 3 is 2.70 bits per heavy atom. The normalized spacial score (nSPS) is 11.6. The zero-order valence-electron chi connectivity index (χ0n) is 12.9. The summed E-state index contributed by atoms with van der Waals surface area (Å²) in [6.45, 7) is 7.17. The molecule has 0 saturated heterocycles. The first-order chi connectivity index (χ1) is 9.71. The average Bonchev–Trinajstić information content (AvgIpc) is 2.46. The topological polar surface area (TPSA) is 29.5 Å². The molecule has 0 fully saturated rings. The summed E-state index contributed by atoms with van der Waals surface area (Å²) in [7, 11) is 0. The van der Waals surface area contributed by atoms with E-state index in [1.807, 2.05) is 25.1 Å². The molecule has 110 valence electrons. The summed E-state index contributed by atoms with van der Waals surface area (Å²) in [5, 5.41) is 8.70. The maximum absolute atomic E-state index is 8.70. The lowest BCUT2D eigenvalue weighted by Gasteiger charge is -2.16. The summed E-state index contributed by atoms with van der Waals surface area (Å²) < 4.78 is 5.95. The molecule has 0 aliphatic heterocycles. The molecule has 1 rings (SSSR count). The maximum Gasteiger partial charge on any atom is 0.122 e. The number of rotatable bonds is 7. The van der Waals surface area contributed by atoms with Gasteiger partial charge in [-0.15, -0.1) is 0 Å². The van der Waals surface area contributed by atoms with Crippen LogP contribution >= 0.6 is 0 Å².